The summed E-state index contributed by atoms with van der Waals surface area (Å²) in [4.78, 5) is 18.6. The third-order valence-electron chi connectivity index (χ3n) is 16.6. The van der Waals surface area contributed by atoms with Crippen LogP contribution < -0.4 is 0 Å². The first kappa shape index (κ1) is 60.6. The molecule has 73 heavy (non-hydrogen) atoms. The van der Waals surface area contributed by atoms with Crippen molar-refractivity contribution in [1.29, 1.82) is 0 Å². The van der Waals surface area contributed by atoms with Crippen LogP contribution in [-0.4, -0.2) is 199 Å². The Morgan fingerprint density at radius 2 is 1.67 bits per heavy atom. The summed E-state index contributed by atoms with van der Waals surface area (Å²) >= 11 is 0. The van der Waals surface area contributed by atoms with E-state index in [9.17, 15) is 39.9 Å². The van der Waals surface area contributed by atoms with Gasteiger partial charge in [-0.15, -0.1) is 5.10 Å². The van der Waals surface area contributed by atoms with Gasteiger partial charge in [-0.2, -0.15) is 0 Å². The highest BCUT2D eigenvalue weighted by Gasteiger charge is 2.55. The number of hydrogen-bond acceptors (Lipinski definition) is 18. The first-order valence-corrected chi connectivity index (χ1v) is 26.1. The van der Waals surface area contributed by atoms with Crippen LogP contribution in [0.1, 0.15) is 131 Å². The molecule has 0 spiro atoms. The van der Waals surface area contributed by atoms with E-state index in [1.807, 2.05) is 44.7 Å². The van der Waals surface area contributed by atoms with Crippen LogP contribution in [0.5, 0.6) is 0 Å². The summed E-state index contributed by atoms with van der Waals surface area (Å²) in [5.74, 6) is -3.28. The smallest absolute Gasteiger partial charge is 0.309 e. The van der Waals surface area contributed by atoms with Crippen molar-refractivity contribution in [3.05, 3.63) is 47.3 Å². The summed E-state index contributed by atoms with van der Waals surface area (Å²) < 4.78 is 54.2. The Morgan fingerprint density at radius 1 is 1.01 bits per heavy atom. The van der Waals surface area contributed by atoms with Gasteiger partial charge in [0.25, 0.3) is 0 Å². The number of rotatable bonds is 15. The third-order valence-corrected chi connectivity index (χ3v) is 16.6. The van der Waals surface area contributed by atoms with Crippen molar-refractivity contribution in [3.63, 3.8) is 0 Å². The third kappa shape index (κ3) is 13.7. The van der Waals surface area contributed by atoms with Crippen molar-refractivity contribution in [2.45, 2.75) is 204 Å². The maximum atomic E-state index is 14.8. The number of aromatic nitrogens is 3. The van der Waals surface area contributed by atoms with E-state index in [-0.39, 0.29) is 25.2 Å². The zero-order valence-electron chi connectivity index (χ0n) is 46.0. The number of alkyl halides is 1. The van der Waals surface area contributed by atoms with Crippen LogP contribution in [0, 0.1) is 23.7 Å². The molecule has 6 N–H and O–H groups in total. The molecular weight excluding hydrogens is 948 g/mol. The minimum Gasteiger partial charge on any atom is -0.459 e. The predicted molar refractivity (Wildman–Crippen MR) is 271 cm³/mol. The second-order valence-electron chi connectivity index (χ2n) is 22.4. The summed E-state index contributed by atoms with van der Waals surface area (Å²) in [6, 6.07) is 5.25. The quantitative estimate of drug-likeness (QED) is 0.0624. The monoisotopic (exact) mass is 1040 g/mol. The number of hydrogen-bond donors (Lipinski definition) is 6. The molecule has 3 fully saturated rings. The fraction of sp³-hybridized carbons (Fsp3) is 0.811. The molecule has 4 heterocycles. The van der Waals surface area contributed by atoms with Crippen LogP contribution in [-0.2, 0) is 39.6 Å². The number of carbonyl (C=O) groups is 1. The molecule has 1 aromatic heterocycles. The number of halogens is 1. The van der Waals surface area contributed by atoms with Crippen LogP contribution in [0.4, 0.5) is 4.39 Å². The number of nitrogens with zero attached hydrogens (tertiary/aromatic N) is 6. The zero-order chi connectivity index (χ0) is 54.5. The molecule has 0 saturated carbocycles. The van der Waals surface area contributed by atoms with E-state index in [0.717, 1.165) is 0 Å². The van der Waals surface area contributed by atoms with Crippen LogP contribution in [0.25, 0.3) is 0 Å². The number of carbonyl (C=O) groups excluding carboxylic acids is 1. The number of aliphatic hydroxyl groups is 5. The Bertz CT molecular complexity index is 2080. The van der Waals surface area contributed by atoms with Gasteiger partial charge in [0.15, 0.2) is 6.29 Å². The van der Waals surface area contributed by atoms with E-state index in [0.29, 0.717) is 48.5 Å². The lowest BCUT2D eigenvalue weighted by Crippen LogP contribution is -2.62. The molecule has 0 aliphatic carbocycles. The fourth-order valence-corrected chi connectivity index (χ4v) is 12.0. The Hall–Kier alpha value is -3.25. The van der Waals surface area contributed by atoms with Gasteiger partial charge in [-0.3, -0.25) is 4.79 Å². The van der Waals surface area contributed by atoms with Gasteiger partial charge in [0, 0.05) is 64.3 Å². The van der Waals surface area contributed by atoms with Crippen LogP contribution >= 0.6 is 0 Å². The lowest BCUT2D eigenvalue weighted by atomic mass is 9.68. The normalized spacial score (nSPS) is 39.9. The molecule has 19 nitrogen and oxygen atoms in total. The second-order valence-corrected chi connectivity index (χ2v) is 22.4. The number of aliphatic hydroxyl groups excluding tert-OH is 3. The number of benzene rings is 1. The molecule has 1 unspecified atom stereocenters. The van der Waals surface area contributed by atoms with Gasteiger partial charge in [-0.1, -0.05) is 62.3 Å². The second kappa shape index (κ2) is 25.3. The first-order valence-electron chi connectivity index (χ1n) is 26.1. The van der Waals surface area contributed by atoms with Crippen molar-refractivity contribution >= 4 is 11.7 Å². The van der Waals surface area contributed by atoms with Gasteiger partial charge >= 0.3 is 5.97 Å². The molecule has 416 valence electrons. The van der Waals surface area contributed by atoms with Gasteiger partial charge in [0.05, 0.1) is 52.9 Å². The topological polar surface area (TPSA) is 243 Å². The first-order chi connectivity index (χ1) is 34.2. The maximum Gasteiger partial charge on any atom is 0.309 e. The Kier molecular flexibility index (Phi) is 21.0. The van der Waals surface area contributed by atoms with Gasteiger partial charge in [-0.05, 0) is 105 Å². The van der Waals surface area contributed by atoms with E-state index in [2.05, 4.69) is 15.5 Å². The van der Waals surface area contributed by atoms with Gasteiger partial charge in [0.1, 0.15) is 48.8 Å². The molecule has 2 aromatic rings. The van der Waals surface area contributed by atoms with Crippen LogP contribution in [0.2, 0.25) is 0 Å². The Balaban J connectivity index is 1.45. The Morgan fingerprint density at radius 3 is 2.26 bits per heavy atom. The number of likely N-dealkylation sites (N-methyl/N-ethyl adjacent to an activating group) is 2. The lowest BCUT2D eigenvalue weighted by Gasteiger charge is -2.51. The van der Waals surface area contributed by atoms with E-state index >= 15 is 0 Å². The molecule has 20 heteroatoms. The van der Waals surface area contributed by atoms with E-state index in [1.165, 1.54) is 25.8 Å². The molecule has 1 aromatic carbocycles. The van der Waals surface area contributed by atoms with Gasteiger partial charge in [-0.25, -0.2) is 9.07 Å². The summed E-state index contributed by atoms with van der Waals surface area (Å²) in [6.45, 7) is 19.5. The van der Waals surface area contributed by atoms with Crippen LogP contribution in [0.15, 0.2) is 35.6 Å². The largest absolute Gasteiger partial charge is 0.459 e. The molecule has 0 radical (unpaired) electrons. The number of methoxy groups -OCH3 is 2. The maximum absolute atomic E-state index is 14.8. The molecule has 5 rings (SSSR count). The highest BCUT2D eigenvalue weighted by molar-refractivity contribution is 5.98. The van der Waals surface area contributed by atoms with E-state index in [1.54, 1.807) is 78.9 Å². The fourth-order valence-electron chi connectivity index (χ4n) is 12.0. The molecule has 0 amide bonds. The lowest BCUT2D eigenvalue weighted by molar-refractivity contribution is -0.302. The highest BCUT2D eigenvalue weighted by Crippen LogP contribution is 2.45. The number of ether oxygens (including phenoxy) is 6. The van der Waals surface area contributed by atoms with E-state index < -0.39 is 127 Å². The van der Waals surface area contributed by atoms with Crippen molar-refractivity contribution in [2.75, 3.05) is 48.1 Å². The SMILES string of the molecule is CC[C@H]1OC(=O)[C@H](C)C([C@H]2C[C@@](C)(OC)[C@@H](O)[C@H](C)O2)[C@H](C)[C@@H](O[C@@H]2O[C@H](C)C[C@H](N(C)CCc3cn([C@H](CF)[C@H](OC)c4ccc(/C(C)=N/O)cc4)nn3)[C@H]2O)[C@](C)(O)C[C@@H](C)CN(C)[C@H](C)[C@@H](O)[C@]1(C)O. The van der Waals surface area contributed by atoms with Gasteiger partial charge < -0.3 is 69.0 Å². The standard InChI is InChI=1S/C53H89FN6O13/c1-16-42-53(11,66)46(62)34(7)59(13)27-29(2)24-51(9,65)48(31(4)43(32(5)49(64)72-42)41-25-52(10,69-15)47(63)35(8)71-41)73-50-44(61)39(23-30(3)70-50)58(12)22-21-38-28-60(57-55-38)40(26-54)45(68-14)37-19-17-36(18-20-37)33(6)56-67/h17-20,28-32,34-35,39-48,50,61-63,65-67H,16,21-27H2,1-15H3/b56-33+/t29-,30-,31+,32-,34-,35+,39+,40-,41-,42-,43?,44-,45-,46-,47+,48-,50+,51-,52-,53-/m1/s1. The summed E-state index contributed by atoms with van der Waals surface area (Å²) in [6.07, 6.45) is -6.41. The molecule has 3 aliphatic rings. The van der Waals surface area contributed by atoms with E-state index in [4.69, 9.17) is 28.4 Å². The number of cyclic esters (lactones) is 1. The van der Waals surface area contributed by atoms with Crippen molar-refractivity contribution in [3.8, 4) is 0 Å². The van der Waals surface area contributed by atoms with Crippen LogP contribution in [0.3, 0.4) is 0 Å². The van der Waals surface area contributed by atoms with Crippen molar-refractivity contribution < 1.29 is 68.3 Å². The Labute approximate surface area is 432 Å². The zero-order valence-corrected chi connectivity index (χ0v) is 46.0. The number of esters is 1. The van der Waals surface area contributed by atoms with Crippen molar-refractivity contribution in [1.82, 2.24) is 24.8 Å². The predicted octanol–water partition coefficient (Wildman–Crippen LogP) is 4.48. The molecule has 0 bridgehead atoms. The number of oxime groups is 1. The molecule has 3 saturated heterocycles. The van der Waals surface area contributed by atoms with Gasteiger partial charge in [0.2, 0.25) is 0 Å². The summed E-state index contributed by atoms with van der Waals surface area (Å²) in [5, 5.41) is 81.3. The minimum absolute atomic E-state index is 0.167. The molecular formula is C53H89FN6O13. The molecule has 20 atom stereocenters. The summed E-state index contributed by atoms with van der Waals surface area (Å²) in [5.41, 5.74) is -2.08. The molecule has 3 aliphatic heterocycles. The average molecular weight is 1040 g/mol. The summed E-state index contributed by atoms with van der Waals surface area (Å²) in [7, 11) is 6.74. The highest BCUT2D eigenvalue weighted by atomic mass is 19.1. The van der Waals surface area contributed by atoms with Crippen molar-refractivity contribution in [2.24, 2.45) is 28.8 Å². The average Bonchev–Trinajstić information content (AvgIpc) is 3.82. The minimum atomic E-state index is -1.83.